The van der Waals surface area contributed by atoms with Crippen LogP contribution in [0.1, 0.15) is 13.3 Å². The number of carbonyl (C=O) groups excluding carboxylic acids is 1. The maximum Gasteiger partial charge on any atom is 0.258 e. The first-order chi connectivity index (χ1) is 16.2. The third-order valence-electron chi connectivity index (χ3n) is 5.51. The molecule has 1 fully saturated rings. The molecule has 1 aliphatic rings. The summed E-state index contributed by atoms with van der Waals surface area (Å²) in [5, 5.41) is 12.6. The second-order valence-corrected chi connectivity index (χ2v) is 7.64. The maximum atomic E-state index is 12.4. The minimum atomic E-state index is 0.104. The van der Waals surface area contributed by atoms with Gasteiger partial charge in [0.2, 0.25) is 11.7 Å². The molecule has 170 valence electrons. The zero-order valence-corrected chi connectivity index (χ0v) is 18.3. The second kappa shape index (κ2) is 9.37. The summed E-state index contributed by atoms with van der Waals surface area (Å²) >= 11 is 0. The lowest BCUT2D eigenvalue weighted by Gasteiger charge is -2.26. The van der Waals surface area contributed by atoms with E-state index in [-0.39, 0.29) is 5.91 Å². The number of fused-ring (bicyclic) bond motifs is 1. The summed E-state index contributed by atoms with van der Waals surface area (Å²) in [6.07, 6.45) is 0.372. The van der Waals surface area contributed by atoms with E-state index in [4.69, 9.17) is 14.0 Å². The molecule has 33 heavy (non-hydrogen) atoms. The van der Waals surface area contributed by atoms with E-state index in [1.54, 1.807) is 4.68 Å². The van der Waals surface area contributed by atoms with Crippen molar-refractivity contribution in [2.45, 2.75) is 19.9 Å². The lowest BCUT2D eigenvalue weighted by molar-refractivity contribution is -0.135. The summed E-state index contributed by atoms with van der Waals surface area (Å²) in [6, 6.07) is 13.2. The van der Waals surface area contributed by atoms with Crippen LogP contribution in [-0.2, 0) is 16.1 Å². The van der Waals surface area contributed by atoms with Crippen molar-refractivity contribution in [3.63, 3.8) is 0 Å². The van der Waals surface area contributed by atoms with Crippen molar-refractivity contribution in [2.75, 3.05) is 32.9 Å². The molecule has 0 radical (unpaired) electrons. The maximum absolute atomic E-state index is 12.4. The molecular formula is C23H24N6O4. The van der Waals surface area contributed by atoms with Crippen LogP contribution in [0.4, 0.5) is 0 Å². The summed E-state index contributed by atoms with van der Waals surface area (Å²) in [5.41, 5.74) is 3.15. The molecule has 1 aliphatic heterocycles. The van der Waals surface area contributed by atoms with Crippen molar-refractivity contribution in [1.29, 1.82) is 0 Å². The number of morpholine rings is 1. The minimum Gasteiger partial charge on any atom is -0.494 e. The van der Waals surface area contributed by atoms with Gasteiger partial charge in [0.25, 0.3) is 5.89 Å². The van der Waals surface area contributed by atoms with Crippen LogP contribution in [-0.4, -0.2) is 68.9 Å². The smallest absolute Gasteiger partial charge is 0.258 e. The highest BCUT2D eigenvalue weighted by atomic mass is 16.5. The van der Waals surface area contributed by atoms with Crippen LogP contribution in [0.5, 0.6) is 5.75 Å². The first-order valence-electron chi connectivity index (χ1n) is 11.0. The van der Waals surface area contributed by atoms with Gasteiger partial charge in [-0.05, 0) is 49.4 Å². The van der Waals surface area contributed by atoms with E-state index in [1.165, 1.54) is 0 Å². The number of carbonyl (C=O) groups is 1. The van der Waals surface area contributed by atoms with Gasteiger partial charge in [-0.25, -0.2) is 4.68 Å². The zero-order chi connectivity index (χ0) is 22.6. The average Bonchev–Trinajstić information content (AvgIpc) is 3.51. The Morgan fingerprint density at radius 1 is 1.09 bits per heavy atom. The molecule has 1 saturated heterocycles. The minimum absolute atomic E-state index is 0.104. The fourth-order valence-electron chi connectivity index (χ4n) is 3.77. The number of nitrogens with zero attached hydrogens (tertiary/aromatic N) is 6. The number of benzene rings is 2. The predicted molar refractivity (Wildman–Crippen MR) is 119 cm³/mol. The number of rotatable bonds is 7. The standard InChI is InChI=1S/C23H24N6O4/c1-2-32-18-6-3-16(4-7-18)23-24-22(26-33-23)17-5-8-20-19(15-17)25-27-29(20)10-9-21(30)28-11-13-31-14-12-28/h3-8,15H,2,9-14H2,1H3. The average molecular weight is 448 g/mol. The summed E-state index contributed by atoms with van der Waals surface area (Å²) in [7, 11) is 0. The molecule has 0 N–H and O–H groups in total. The van der Waals surface area contributed by atoms with Crippen LogP contribution in [0.3, 0.4) is 0 Å². The Bertz CT molecular complexity index is 1240. The van der Waals surface area contributed by atoms with Gasteiger partial charge in [-0.3, -0.25) is 4.79 Å². The Hall–Kier alpha value is -3.79. The van der Waals surface area contributed by atoms with E-state index >= 15 is 0 Å². The molecule has 0 spiro atoms. The molecule has 4 aromatic rings. The Kier molecular flexibility index (Phi) is 5.99. The molecular weight excluding hydrogens is 424 g/mol. The van der Waals surface area contributed by atoms with Gasteiger partial charge in [0.05, 0.1) is 31.9 Å². The number of amides is 1. The van der Waals surface area contributed by atoms with Gasteiger partial charge in [-0.2, -0.15) is 4.98 Å². The molecule has 10 nitrogen and oxygen atoms in total. The Balaban J connectivity index is 1.29. The van der Waals surface area contributed by atoms with Gasteiger partial charge in [0.15, 0.2) is 0 Å². The Labute approximate surface area is 190 Å². The van der Waals surface area contributed by atoms with E-state index < -0.39 is 0 Å². The lowest BCUT2D eigenvalue weighted by Crippen LogP contribution is -2.41. The monoisotopic (exact) mass is 448 g/mol. The predicted octanol–water partition coefficient (Wildman–Crippen LogP) is 2.80. The van der Waals surface area contributed by atoms with Gasteiger partial charge in [0, 0.05) is 30.6 Å². The molecule has 1 amide bonds. The van der Waals surface area contributed by atoms with Crippen molar-refractivity contribution in [3.05, 3.63) is 42.5 Å². The van der Waals surface area contributed by atoms with E-state index in [0.717, 1.165) is 22.4 Å². The molecule has 5 rings (SSSR count). The van der Waals surface area contributed by atoms with Crippen molar-refractivity contribution < 1.29 is 18.8 Å². The van der Waals surface area contributed by atoms with Crippen LogP contribution in [0.15, 0.2) is 47.0 Å². The number of hydrogen-bond acceptors (Lipinski definition) is 8. The molecule has 2 aromatic heterocycles. The second-order valence-electron chi connectivity index (χ2n) is 7.64. The normalized spacial score (nSPS) is 14.0. The van der Waals surface area contributed by atoms with Gasteiger partial charge < -0.3 is 18.9 Å². The van der Waals surface area contributed by atoms with Crippen LogP contribution < -0.4 is 4.74 Å². The molecule has 10 heteroatoms. The molecule has 3 heterocycles. The van der Waals surface area contributed by atoms with Crippen molar-refractivity contribution >= 4 is 16.9 Å². The summed E-state index contributed by atoms with van der Waals surface area (Å²) in [4.78, 5) is 18.8. The van der Waals surface area contributed by atoms with Crippen molar-refractivity contribution in [1.82, 2.24) is 30.0 Å². The van der Waals surface area contributed by atoms with Crippen molar-refractivity contribution in [3.8, 4) is 28.6 Å². The number of hydrogen-bond donors (Lipinski definition) is 0. The highest BCUT2D eigenvalue weighted by molar-refractivity contribution is 5.80. The Morgan fingerprint density at radius 3 is 2.67 bits per heavy atom. The molecule has 0 aliphatic carbocycles. The lowest BCUT2D eigenvalue weighted by atomic mass is 10.2. The van der Waals surface area contributed by atoms with E-state index in [1.807, 2.05) is 54.3 Å². The van der Waals surface area contributed by atoms with E-state index in [0.29, 0.717) is 63.1 Å². The van der Waals surface area contributed by atoms with E-state index in [9.17, 15) is 4.79 Å². The summed E-state index contributed by atoms with van der Waals surface area (Å²) < 4.78 is 18.0. The van der Waals surface area contributed by atoms with Gasteiger partial charge in [-0.1, -0.05) is 10.4 Å². The molecule has 2 aromatic carbocycles. The number of ether oxygens (including phenoxy) is 2. The van der Waals surface area contributed by atoms with E-state index in [2.05, 4.69) is 20.5 Å². The quantitative estimate of drug-likeness (QED) is 0.425. The highest BCUT2D eigenvalue weighted by Gasteiger charge is 2.18. The molecule has 0 saturated carbocycles. The highest BCUT2D eigenvalue weighted by Crippen LogP contribution is 2.26. The third-order valence-corrected chi connectivity index (χ3v) is 5.51. The SMILES string of the molecule is CCOc1ccc(-c2nc(-c3ccc4c(c3)nnn4CCC(=O)N3CCOCC3)no2)cc1. The third kappa shape index (κ3) is 4.56. The molecule has 0 unspecified atom stereocenters. The topological polar surface area (TPSA) is 108 Å². The number of aromatic nitrogens is 5. The zero-order valence-electron chi connectivity index (χ0n) is 18.3. The summed E-state index contributed by atoms with van der Waals surface area (Å²) in [6.45, 7) is 5.50. The number of aryl methyl sites for hydroxylation is 1. The van der Waals surface area contributed by atoms with Crippen LogP contribution in [0.25, 0.3) is 33.9 Å². The van der Waals surface area contributed by atoms with Gasteiger partial charge in [-0.15, -0.1) is 5.10 Å². The fraction of sp³-hybridized carbons (Fsp3) is 0.348. The molecule has 0 bridgehead atoms. The first-order valence-corrected chi connectivity index (χ1v) is 11.0. The Morgan fingerprint density at radius 2 is 1.88 bits per heavy atom. The van der Waals surface area contributed by atoms with Gasteiger partial charge in [0.1, 0.15) is 11.3 Å². The largest absolute Gasteiger partial charge is 0.494 e. The summed E-state index contributed by atoms with van der Waals surface area (Å²) in [5.74, 6) is 1.80. The van der Waals surface area contributed by atoms with Gasteiger partial charge >= 0.3 is 0 Å². The fourth-order valence-corrected chi connectivity index (χ4v) is 3.77. The molecule has 0 atom stereocenters. The van der Waals surface area contributed by atoms with Crippen LogP contribution >= 0.6 is 0 Å². The van der Waals surface area contributed by atoms with Crippen LogP contribution in [0, 0.1) is 0 Å². The van der Waals surface area contributed by atoms with Crippen LogP contribution in [0.2, 0.25) is 0 Å². The van der Waals surface area contributed by atoms with Crippen molar-refractivity contribution in [2.24, 2.45) is 0 Å². The first kappa shape index (κ1) is 21.1.